The fraction of sp³-hybridized carbons (Fsp3) is 0.714. The SMILES string of the molecule is NC(=O)C1CCOC(C(N)=O)C1. The van der Waals surface area contributed by atoms with E-state index in [-0.39, 0.29) is 11.8 Å². The molecule has 12 heavy (non-hydrogen) atoms. The molecule has 0 saturated carbocycles. The number of ether oxygens (including phenoxy) is 1. The average molecular weight is 172 g/mol. The lowest BCUT2D eigenvalue weighted by molar-refractivity contribution is -0.137. The molecular formula is C7H12N2O3. The molecule has 1 heterocycles. The summed E-state index contributed by atoms with van der Waals surface area (Å²) < 4.78 is 5.04. The van der Waals surface area contributed by atoms with Gasteiger partial charge in [-0.05, 0) is 12.8 Å². The fourth-order valence-corrected chi connectivity index (χ4v) is 1.25. The first-order chi connectivity index (χ1) is 5.61. The molecule has 0 radical (unpaired) electrons. The molecule has 1 fully saturated rings. The van der Waals surface area contributed by atoms with E-state index in [4.69, 9.17) is 16.2 Å². The van der Waals surface area contributed by atoms with E-state index in [1.807, 2.05) is 0 Å². The normalized spacial score (nSPS) is 29.7. The second kappa shape index (κ2) is 3.53. The molecule has 4 N–H and O–H groups in total. The summed E-state index contributed by atoms with van der Waals surface area (Å²) in [7, 11) is 0. The van der Waals surface area contributed by atoms with Crippen molar-refractivity contribution < 1.29 is 14.3 Å². The van der Waals surface area contributed by atoms with Gasteiger partial charge in [0.05, 0.1) is 0 Å². The van der Waals surface area contributed by atoms with Crippen LogP contribution in [0.15, 0.2) is 0 Å². The van der Waals surface area contributed by atoms with Gasteiger partial charge in [-0.3, -0.25) is 9.59 Å². The summed E-state index contributed by atoms with van der Waals surface area (Å²) in [4.78, 5) is 21.4. The lowest BCUT2D eigenvalue weighted by atomic mass is 9.95. The van der Waals surface area contributed by atoms with Crippen LogP contribution in [-0.2, 0) is 14.3 Å². The number of primary amides is 2. The molecule has 0 bridgehead atoms. The Labute approximate surface area is 70.0 Å². The van der Waals surface area contributed by atoms with Crippen molar-refractivity contribution in [2.45, 2.75) is 18.9 Å². The third-order valence-electron chi connectivity index (χ3n) is 2.00. The van der Waals surface area contributed by atoms with E-state index in [0.717, 1.165) is 0 Å². The van der Waals surface area contributed by atoms with Crippen molar-refractivity contribution >= 4 is 11.8 Å². The van der Waals surface area contributed by atoms with E-state index in [2.05, 4.69) is 0 Å². The predicted octanol–water partition coefficient (Wildman–Crippen LogP) is -1.25. The van der Waals surface area contributed by atoms with Crippen molar-refractivity contribution in [1.82, 2.24) is 0 Å². The van der Waals surface area contributed by atoms with Crippen molar-refractivity contribution in [3.8, 4) is 0 Å². The zero-order chi connectivity index (χ0) is 9.14. The maximum absolute atomic E-state index is 10.7. The summed E-state index contributed by atoms with van der Waals surface area (Å²) in [5.74, 6) is -1.18. The molecule has 5 heteroatoms. The van der Waals surface area contributed by atoms with Crippen LogP contribution in [0.5, 0.6) is 0 Å². The topological polar surface area (TPSA) is 95.4 Å². The average Bonchev–Trinajstić information content (AvgIpc) is 2.04. The highest BCUT2D eigenvalue weighted by Gasteiger charge is 2.29. The molecule has 1 saturated heterocycles. The number of rotatable bonds is 2. The largest absolute Gasteiger partial charge is 0.369 e. The van der Waals surface area contributed by atoms with Gasteiger partial charge in [-0.15, -0.1) is 0 Å². The van der Waals surface area contributed by atoms with Crippen LogP contribution in [0.4, 0.5) is 0 Å². The Hall–Kier alpha value is -1.10. The summed E-state index contributed by atoms with van der Waals surface area (Å²) >= 11 is 0. The first kappa shape index (κ1) is 8.99. The zero-order valence-electron chi connectivity index (χ0n) is 6.66. The maximum atomic E-state index is 10.7. The number of amides is 2. The third-order valence-corrected chi connectivity index (χ3v) is 2.00. The van der Waals surface area contributed by atoms with Crippen LogP contribution in [0.25, 0.3) is 0 Å². The quantitative estimate of drug-likeness (QED) is 0.544. The minimum Gasteiger partial charge on any atom is -0.369 e. The van der Waals surface area contributed by atoms with Gasteiger partial charge in [0.15, 0.2) is 0 Å². The number of hydrogen-bond acceptors (Lipinski definition) is 3. The van der Waals surface area contributed by atoms with Crippen LogP contribution in [0, 0.1) is 5.92 Å². The van der Waals surface area contributed by atoms with E-state index < -0.39 is 12.0 Å². The Balaban J connectivity index is 2.51. The van der Waals surface area contributed by atoms with E-state index in [9.17, 15) is 9.59 Å². The minimum atomic E-state index is -0.642. The monoisotopic (exact) mass is 172 g/mol. The predicted molar refractivity (Wildman–Crippen MR) is 40.9 cm³/mol. The zero-order valence-corrected chi connectivity index (χ0v) is 6.66. The Morgan fingerprint density at radius 3 is 2.42 bits per heavy atom. The van der Waals surface area contributed by atoms with Crippen molar-refractivity contribution in [2.75, 3.05) is 6.61 Å². The minimum absolute atomic E-state index is 0.267. The van der Waals surface area contributed by atoms with E-state index in [0.29, 0.717) is 19.4 Å². The fourth-order valence-electron chi connectivity index (χ4n) is 1.25. The highest BCUT2D eigenvalue weighted by molar-refractivity contribution is 5.81. The number of carbonyl (C=O) groups is 2. The Morgan fingerprint density at radius 1 is 1.25 bits per heavy atom. The molecule has 68 valence electrons. The van der Waals surface area contributed by atoms with E-state index in [1.54, 1.807) is 0 Å². The van der Waals surface area contributed by atoms with Gasteiger partial charge in [-0.25, -0.2) is 0 Å². The van der Waals surface area contributed by atoms with Gasteiger partial charge in [-0.2, -0.15) is 0 Å². The molecule has 0 spiro atoms. The summed E-state index contributed by atoms with van der Waals surface area (Å²) in [6, 6.07) is 0. The molecule has 5 nitrogen and oxygen atoms in total. The van der Waals surface area contributed by atoms with Crippen LogP contribution in [0.2, 0.25) is 0 Å². The molecule has 1 aliphatic heterocycles. The van der Waals surface area contributed by atoms with Crippen molar-refractivity contribution in [2.24, 2.45) is 17.4 Å². The van der Waals surface area contributed by atoms with Gasteiger partial charge in [0.2, 0.25) is 11.8 Å². The summed E-state index contributed by atoms with van der Waals surface area (Å²) in [6.45, 7) is 0.376. The molecule has 0 aromatic rings. The van der Waals surface area contributed by atoms with Gasteiger partial charge in [0, 0.05) is 12.5 Å². The van der Waals surface area contributed by atoms with E-state index in [1.165, 1.54) is 0 Å². The lowest BCUT2D eigenvalue weighted by Crippen LogP contribution is -2.40. The lowest BCUT2D eigenvalue weighted by Gasteiger charge is -2.25. The van der Waals surface area contributed by atoms with Gasteiger partial charge in [-0.1, -0.05) is 0 Å². The van der Waals surface area contributed by atoms with E-state index >= 15 is 0 Å². The van der Waals surface area contributed by atoms with Gasteiger partial charge < -0.3 is 16.2 Å². The molecule has 2 amide bonds. The maximum Gasteiger partial charge on any atom is 0.246 e. The standard InChI is InChI=1S/C7H12N2O3/c8-6(10)4-1-2-12-5(3-4)7(9)11/h4-5H,1-3H2,(H2,8,10)(H2,9,11). The van der Waals surface area contributed by atoms with Crippen LogP contribution in [-0.4, -0.2) is 24.5 Å². The van der Waals surface area contributed by atoms with Crippen molar-refractivity contribution in [3.63, 3.8) is 0 Å². The highest BCUT2D eigenvalue weighted by Crippen LogP contribution is 2.19. The smallest absolute Gasteiger partial charge is 0.246 e. The summed E-state index contributed by atoms with van der Waals surface area (Å²) in [5.41, 5.74) is 10.1. The third kappa shape index (κ3) is 1.94. The molecule has 1 rings (SSSR count). The van der Waals surface area contributed by atoms with Crippen LogP contribution >= 0.6 is 0 Å². The van der Waals surface area contributed by atoms with Crippen LogP contribution < -0.4 is 11.5 Å². The Morgan fingerprint density at radius 2 is 1.92 bits per heavy atom. The first-order valence-electron chi connectivity index (χ1n) is 3.81. The van der Waals surface area contributed by atoms with Gasteiger partial charge in [0.25, 0.3) is 0 Å². The molecule has 2 unspecified atom stereocenters. The number of nitrogens with two attached hydrogens (primary N) is 2. The second-order valence-corrected chi connectivity index (χ2v) is 2.89. The molecule has 1 aliphatic rings. The molecular weight excluding hydrogens is 160 g/mol. The Kier molecular flexibility index (Phi) is 2.65. The molecule has 0 aromatic carbocycles. The second-order valence-electron chi connectivity index (χ2n) is 2.89. The molecule has 2 atom stereocenters. The van der Waals surface area contributed by atoms with Gasteiger partial charge in [0.1, 0.15) is 6.10 Å². The van der Waals surface area contributed by atoms with Crippen LogP contribution in [0.1, 0.15) is 12.8 Å². The Bertz CT molecular complexity index is 185. The number of carbonyl (C=O) groups excluding carboxylic acids is 2. The first-order valence-corrected chi connectivity index (χ1v) is 3.81. The van der Waals surface area contributed by atoms with Crippen molar-refractivity contribution in [1.29, 1.82) is 0 Å². The molecule has 0 aliphatic carbocycles. The highest BCUT2D eigenvalue weighted by atomic mass is 16.5. The molecule has 0 aromatic heterocycles. The van der Waals surface area contributed by atoms with Crippen LogP contribution in [0.3, 0.4) is 0 Å². The summed E-state index contributed by atoms with van der Waals surface area (Å²) in [5, 5.41) is 0. The number of hydrogen-bond donors (Lipinski definition) is 2. The van der Waals surface area contributed by atoms with Gasteiger partial charge >= 0.3 is 0 Å². The summed E-state index contributed by atoms with van der Waals surface area (Å²) in [6.07, 6.45) is 0.264. The van der Waals surface area contributed by atoms with Crippen molar-refractivity contribution in [3.05, 3.63) is 0 Å².